The van der Waals surface area contributed by atoms with Crippen LogP contribution in [0.25, 0.3) is 10.4 Å². The standard InChI is InChI=1S/C13H11FO2S/c1-2-16-13(15)10-7-12(17-8-10)9-4-3-5-11(14)6-9/h3-8H,2H2,1H3. The lowest BCUT2D eigenvalue weighted by Gasteiger charge is -1.98. The molecule has 0 saturated carbocycles. The minimum Gasteiger partial charge on any atom is -0.462 e. The number of carbonyl (C=O) groups excluding carboxylic acids is 1. The van der Waals surface area contributed by atoms with E-state index in [9.17, 15) is 9.18 Å². The van der Waals surface area contributed by atoms with Gasteiger partial charge >= 0.3 is 5.97 Å². The van der Waals surface area contributed by atoms with E-state index in [0.29, 0.717) is 12.2 Å². The van der Waals surface area contributed by atoms with Crippen molar-refractivity contribution in [1.82, 2.24) is 0 Å². The van der Waals surface area contributed by atoms with Crippen LogP contribution in [0.15, 0.2) is 35.7 Å². The molecule has 1 aromatic carbocycles. The quantitative estimate of drug-likeness (QED) is 0.776. The molecular formula is C13H11FO2S. The molecule has 0 unspecified atom stereocenters. The molecule has 88 valence electrons. The predicted octanol–water partition coefficient (Wildman–Crippen LogP) is 3.73. The van der Waals surface area contributed by atoms with Crippen molar-refractivity contribution >= 4 is 17.3 Å². The van der Waals surface area contributed by atoms with Crippen LogP contribution in [0.5, 0.6) is 0 Å². The van der Waals surface area contributed by atoms with E-state index in [1.54, 1.807) is 24.4 Å². The highest BCUT2D eigenvalue weighted by molar-refractivity contribution is 7.13. The van der Waals surface area contributed by atoms with Crippen LogP contribution in [0.1, 0.15) is 17.3 Å². The molecule has 2 aromatic rings. The van der Waals surface area contributed by atoms with Crippen LogP contribution in [-0.2, 0) is 4.74 Å². The van der Waals surface area contributed by atoms with E-state index in [1.807, 2.05) is 6.07 Å². The van der Waals surface area contributed by atoms with Crippen LogP contribution < -0.4 is 0 Å². The highest BCUT2D eigenvalue weighted by Crippen LogP contribution is 2.27. The third kappa shape index (κ3) is 2.71. The summed E-state index contributed by atoms with van der Waals surface area (Å²) >= 11 is 1.40. The molecular weight excluding hydrogens is 239 g/mol. The molecule has 0 atom stereocenters. The highest BCUT2D eigenvalue weighted by atomic mass is 32.1. The molecule has 0 amide bonds. The van der Waals surface area contributed by atoms with Crippen molar-refractivity contribution in [3.05, 3.63) is 47.1 Å². The number of hydrogen-bond donors (Lipinski definition) is 0. The molecule has 1 heterocycles. The van der Waals surface area contributed by atoms with Crippen molar-refractivity contribution in [2.45, 2.75) is 6.92 Å². The molecule has 0 aliphatic carbocycles. The number of halogens is 1. The van der Waals surface area contributed by atoms with Gasteiger partial charge in [-0.3, -0.25) is 0 Å². The van der Waals surface area contributed by atoms with E-state index in [4.69, 9.17) is 4.74 Å². The number of thiophene rings is 1. The Morgan fingerprint density at radius 1 is 1.41 bits per heavy atom. The molecule has 1 aromatic heterocycles. The maximum Gasteiger partial charge on any atom is 0.338 e. The first-order valence-electron chi connectivity index (χ1n) is 5.22. The van der Waals surface area contributed by atoms with Crippen molar-refractivity contribution in [2.75, 3.05) is 6.61 Å². The van der Waals surface area contributed by atoms with Crippen molar-refractivity contribution in [1.29, 1.82) is 0 Å². The van der Waals surface area contributed by atoms with E-state index >= 15 is 0 Å². The smallest absolute Gasteiger partial charge is 0.338 e. The summed E-state index contributed by atoms with van der Waals surface area (Å²) in [6.45, 7) is 2.11. The second kappa shape index (κ2) is 5.10. The van der Waals surface area contributed by atoms with E-state index in [1.165, 1.54) is 23.5 Å². The van der Waals surface area contributed by atoms with Gasteiger partial charge in [-0.15, -0.1) is 11.3 Å². The first-order chi connectivity index (χ1) is 8.20. The summed E-state index contributed by atoms with van der Waals surface area (Å²) in [6.07, 6.45) is 0. The lowest BCUT2D eigenvalue weighted by Crippen LogP contribution is -2.02. The number of rotatable bonds is 3. The zero-order chi connectivity index (χ0) is 12.3. The minimum atomic E-state index is -0.341. The number of carbonyl (C=O) groups is 1. The average Bonchev–Trinajstić information content (AvgIpc) is 2.78. The fourth-order valence-electron chi connectivity index (χ4n) is 1.45. The van der Waals surface area contributed by atoms with Gasteiger partial charge in [-0.25, -0.2) is 9.18 Å². The summed E-state index contributed by atoms with van der Waals surface area (Å²) in [5, 5.41) is 1.72. The predicted molar refractivity (Wildman–Crippen MR) is 65.7 cm³/mol. The molecule has 0 fully saturated rings. The van der Waals surface area contributed by atoms with Crippen LogP contribution in [0.4, 0.5) is 4.39 Å². The largest absolute Gasteiger partial charge is 0.462 e. The van der Waals surface area contributed by atoms with Gasteiger partial charge in [0, 0.05) is 10.3 Å². The molecule has 2 nitrogen and oxygen atoms in total. The summed E-state index contributed by atoms with van der Waals surface area (Å²) in [5.74, 6) is -0.625. The number of ether oxygens (including phenoxy) is 1. The summed E-state index contributed by atoms with van der Waals surface area (Å²) in [4.78, 5) is 12.3. The Bertz CT molecular complexity index is 534. The van der Waals surface area contributed by atoms with Crippen LogP contribution in [-0.4, -0.2) is 12.6 Å². The number of esters is 1. The lowest BCUT2D eigenvalue weighted by molar-refractivity contribution is 0.0527. The van der Waals surface area contributed by atoms with Gasteiger partial charge in [-0.2, -0.15) is 0 Å². The first-order valence-corrected chi connectivity index (χ1v) is 6.10. The Morgan fingerprint density at radius 2 is 2.24 bits per heavy atom. The molecule has 0 bridgehead atoms. The van der Waals surface area contributed by atoms with Gasteiger partial charge in [0.25, 0.3) is 0 Å². The van der Waals surface area contributed by atoms with Crippen LogP contribution >= 0.6 is 11.3 Å². The Hall–Kier alpha value is -1.68. The van der Waals surface area contributed by atoms with Gasteiger partial charge in [-0.05, 0) is 30.7 Å². The zero-order valence-corrected chi connectivity index (χ0v) is 10.1. The van der Waals surface area contributed by atoms with Crippen LogP contribution in [0, 0.1) is 5.82 Å². The molecule has 0 saturated heterocycles. The molecule has 2 rings (SSSR count). The summed E-state index contributed by atoms with van der Waals surface area (Å²) < 4.78 is 17.9. The second-order valence-corrected chi connectivity index (χ2v) is 4.34. The van der Waals surface area contributed by atoms with Gasteiger partial charge in [0.05, 0.1) is 12.2 Å². The van der Waals surface area contributed by atoms with Gasteiger partial charge in [0.1, 0.15) is 5.82 Å². The molecule has 0 aliphatic rings. The maximum atomic E-state index is 13.1. The molecule has 17 heavy (non-hydrogen) atoms. The van der Waals surface area contributed by atoms with Gasteiger partial charge in [0.2, 0.25) is 0 Å². The Kier molecular flexibility index (Phi) is 3.54. The van der Waals surface area contributed by atoms with E-state index in [0.717, 1.165) is 10.4 Å². The summed E-state index contributed by atoms with van der Waals surface area (Å²) in [7, 11) is 0. The van der Waals surface area contributed by atoms with E-state index in [-0.39, 0.29) is 11.8 Å². The zero-order valence-electron chi connectivity index (χ0n) is 9.27. The van der Waals surface area contributed by atoms with Crippen LogP contribution in [0.3, 0.4) is 0 Å². The third-order valence-electron chi connectivity index (χ3n) is 2.22. The molecule has 4 heteroatoms. The number of hydrogen-bond acceptors (Lipinski definition) is 3. The fourth-order valence-corrected chi connectivity index (χ4v) is 2.33. The summed E-state index contributed by atoms with van der Waals surface area (Å²) in [5.41, 5.74) is 1.28. The van der Waals surface area contributed by atoms with Crippen molar-refractivity contribution in [2.24, 2.45) is 0 Å². The number of benzene rings is 1. The fraction of sp³-hybridized carbons (Fsp3) is 0.154. The summed E-state index contributed by atoms with van der Waals surface area (Å²) in [6, 6.07) is 8.01. The van der Waals surface area contributed by atoms with Crippen molar-refractivity contribution in [3.63, 3.8) is 0 Å². The van der Waals surface area contributed by atoms with Crippen molar-refractivity contribution < 1.29 is 13.9 Å². The first kappa shape index (κ1) is 11.8. The van der Waals surface area contributed by atoms with Gasteiger partial charge in [-0.1, -0.05) is 12.1 Å². The Labute approximate surface area is 103 Å². The highest BCUT2D eigenvalue weighted by Gasteiger charge is 2.10. The lowest BCUT2D eigenvalue weighted by atomic mass is 10.1. The van der Waals surface area contributed by atoms with Gasteiger partial charge < -0.3 is 4.74 Å². The minimum absolute atomic E-state index is 0.284. The van der Waals surface area contributed by atoms with Crippen molar-refractivity contribution in [3.8, 4) is 10.4 Å². The Morgan fingerprint density at radius 3 is 2.94 bits per heavy atom. The molecule has 0 spiro atoms. The maximum absolute atomic E-state index is 13.1. The average molecular weight is 250 g/mol. The molecule has 0 radical (unpaired) electrons. The van der Waals surface area contributed by atoms with Crippen LogP contribution in [0.2, 0.25) is 0 Å². The SMILES string of the molecule is CCOC(=O)c1csc(-c2cccc(F)c2)c1. The third-order valence-corrected chi connectivity index (χ3v) is 3.20. The monoisotopic (exact) mass is 250 g/mol. The molecule has 0 aliphatic heterocycles. The Balaban J connectivity index is 2.27. The van der Waals surface area contributed by atoms with Gasteiger partial charge in [0.15, 0.2) is 0 Å². The topological polar surface area (TPSA) is 26.3 Å². The second-order valence-electron chi connectivity index (χ2n) is 3.43. The van der Waals surface area contributed by atoms with E-state index in [2.05, 4.69) is 0 Å². The normalized spacial score (nSPS) is 10.2. The van der Waals surface area contributed by atoms with E-state index < -0.39 is 0 Å². The molecule has 0 N–H and O–H groups in total.